The molecular weight excluding hydrogens is 324 g/mol. The zero-order valence-electron chi connectivity index (χ0n) is 15.0. The standard InChI is InChI=1S/C22H24N2O2/c1-26-18-10-8-17(9-11-18)22(12-4-5-13-22)15-23-21(25)20-14-16-6-2-3-7-19(16)24-20/h2-3,6-11,14,24H,4-5,12-13,15H2,1H3,(H,23,25). The summed E-state index contributed by atoms with van der Waals surface area (Å²) in [4.78, 5) is 15.9. The molecule has 1 aliphatic carbocycles. The third kappa shape index (κ3) is 3.07. The van der Waals surface area contributed by atoms with Gasteiger partial charge in [0.15, 0.2) is 0 Å². The number of aromatic amines is 1. The van der Waals surface area contributed by atoms with Crippen molar-refractivity contribution in [1.29, 1.82) is 0 Å². The molecule has 1 aliphatic rings. The van der Waals surface area contributed by atoms with Crippen LogP contribution in [0.2, 0.25) is 0 Å². The maximum Gasteiger partial charge on any atom is 0.267 e. The molecule has 3 aromatic rings. The molecule has 2 N–H and O–H groups in total. The Balaban J connectivity index is 1.52. The Morgan fingerprint density at radius 1 is 1.12 bits per heavy atom. The summed E-state index contributed by atoms with van der Waals surface area (Å²) in [5.74, 6) is 0.824. The van der Waals surface area contributed by atoms with Gasteiger partial charge in [-0.25, -0.2) is 0 Å². The average molecular weight is 348 g/mol. The minimum absolute atomic E-state index is 0.0218. The lowest BCUT2D eigenvalue weighted by molar-refractivity contribution is 0.0939. The van der Waals surface area contributed by atoms with Crippen LogP contribution >= 0.6 is 0 Å². The van der Waals surface area contributed by atoms with Crippen LogP contribution in [0.3, 0.4) is 0 Å². The Morgan fingerprint density at radius 2 is 1.85 bits per heavy atom. The van der Waals surface area contributed by atoms with Gasteiger partial charge in [-0.15, -0.1) is 0 Å². The summed E-state index contributed by atoms with van der Waals surface area (Å²) in [6, 6.07) is 18.2. The summed E-state index contributed by atoms with van der Waals surface area (Å²) >= 11 is 0. The highest BCUT2D eigenvalue weighted by Crippen LogP contribution is 2.41. The first kappa shape index (κ1) is 16.7. The second-order valence-electron chi connectivity index (χ2n) is 7.17. The SMILES string of the molecule is COc1ccc(C2(CNC(=O)c3cc4ccccc4[nH]3)CCCC2)cc1. The summed E-state index contributed by atoms with van der Waals surface area (Å²) < 4.78 is 5.28. The minimum Gasteiger partial charge on any atom is -0.497 e. The van der Waals surface area contributed by atoms with E-state index in [1.54, 1.807) is 7.11 Å². The molecule has 0 atom stereocenters. The number of H-pyrrole nitrogens is 1. The molecule has 26 heavy (non-hydrogen) atoms. The molecule has 1 aromatic heterocycles. The van der Waals surface area contributed by atoms with Crippen molar-refractivity contribution < 1.29 is 9.53 Å². The zero-order valence-corrected chi connectivity index (χ0v) is 15.0. The number of hydrogen-bond donors (Lipinski definition) is 2. The number of carbonyl (C=O) groups excluding carboxylic acids is 1. The fraction of sp³-hybridized carbons (Fsp3) is 0.318. The van der Waals surface area contributed by atoms with Crippen LogP contribution in [0.25, 0.3) is 10.9 Å². The topological polar surface area (TPSA) is 54.1 Å². The molecule has 1 saturated carbocycles. The molecule has 4 nitrogen and oxygen atoms in total. The minimum atomic E-state index is -0.0408. The van der Waals surface area contributed by atoms with Gasteiger partial charge < -0.3 is 15.0 Å². The van der Waals surface area contributed by atoms with Crippen LogP contribution in [0.15, 0.2) is 54.6 Å². The van der Waals surface area contributed by atoms with Gasteiger partial charge in [0.25, 0.3) is 5.91 Å². The highest BCUT2D eigenvalue weighted by Gasteiger charge is 2.36. The first-order chi connectivity index (χ1) is 12.7. The molecule has 1 amide bonds. The Kier molecular flexibility index (Phi) is 4.41. The summed E-state index contributed by atoms with van der Waals surface area (Å²) in [6.07, 6.45) is 4.61. The second-order valence-corrected chi connectivity index (χ2v) is 7.17. The fourth-order valence-electron chi connectivity index (χ4n) is 4.10. The van der Waals surface area contributed by atoms with Crippen molar-refractivity contribution in [2.24, 2.45) is 0 Å². The Morgan fingerprint density at radius 3 is 2.54 bits per heavy atom. The number of ether oxygens (including phenoxy) is 1. The monoisotopic (exact) mass is 348 g/mol. The van der Waals surface area contributed by atoms with Crippen molar-refractivity contribution in [1.82, 2.24) is 10.3 Å². The normalized spacial score (nSPS) is 15.9. The summed E-state index contributed by atoms with van der Waals surface area (Å²) in [5.41, 5.74) is 2.92. The number of amides is 1. The van der Waals surface area contributed by atoms with E-state index in [-0.39, 0.29) is 11.3 Å². The molecule has 2 aromatic carbocycles. The van der Waals surface area contributed by atoms with E-state index in [1.165, 1.54) is 18.4 Å². The molecule has 4 heteroatoms. The van der Waals surface area contributed by atoms with Crippen molar-refractivity contribution in [3.05, 3.63) is 65.9 Å². The molecule has 0 bridgehead atoms. The summed E-state index contributed by atoms with van der Waals surface area (Å²) in [6.45, 7) is 0.660. The van der Waals surface area contributed by atoms with Crippen molar-refractivity contribution in [2.75, 3.05) is 13.7 Å². The molecule has 4 rings (SSSR count). The van der Waals surface area contributed by atoms with E-state index in [2.05, 4.69) is 22.4 Å². The van der Waals surface area contributed by atoms with Crippen molar-refractivity contribution in [2.45, 2.75) is 31.1 Å². The largest absolute Gasteiger partial charge is 0.497 e. The van der Waals surface area contributed by atoms with Gasteiger partial charge in [-0.05, 0) is 42.7 Å². The molecule has 0 unspecified atom stereocenters. The molecule has 0 saturated heterocycles. The quantitative estimate of drug-likeness (QED) is 0.717. The lowest BCUT2D eigenvalue weighted by Gasteiger charge is -2.30. The van der Waals surface area contributed by atoms with Gasteiger partial charge in [0.05, 0.1) is 7.11 Å². The van der Waals surface area contributed by atoms with Crippen LogP contribution in [0.1, 0.15) is 41.7 Å². The fourth-order valence-corrected chi connectivity index (χ4v) is 4.10. The third-order valence-corrected chi connectivity index (χ3v) is 5.62. The highest BCUT2D eigenvalue weighted by atomic mass is 16.5. The van der Waals surface area contributed by atoms with Gasteiger partial charge in [-0.3, -0.25) is 4.79 Å². The number of methoxy groups -OCH3 is 1. The van der Waals surface area contributed by atoms with Crippen LogP contribution in [-0.4, -0.2) is 24.5 Å². The van der Waals surface area contributed by atoms with E-state index >= 15 is 0 Å². The van der Waals surface area contributed by atoms with Crippen molar-refractivity contribution >= 4 is 16.8 Å². The number of aromatic nitrogens is 1. The average Bonchev–Trinajstić information content (AvgIpc) is 3.34. The first-order valence-corrected chi connectivity index (χ1v) is 9.21. The van der Waals surface area contributed by atoms with Gasteiger partial charge in [0.2, 0.25) is 0 Å². The number of carbonyl (C=O) groups is 1. The molecule has 0 spiro atoms. The number of hydrogen-bond acceptors (Lipinski definition) is 2. The van der Waals surface area contributed by atoms with Crippen molar-refractivity contribution in [3.63, 3.8) is 0 Å². The predicted molar refractivity (Wildman–Crippen MR) is 104 cm³/mol. The Hall–Kier alpha value is -2.75. The van der Waals surface area contributed by atoms with E-state index in [1.807, 2.05) is 42.5 Å². The maximum absolute atomic E-state index is 12.7. The van der Waals surface area contributed by atoms with E-state index in [9.17, 15) is 4.79 Å². The lowest BCUT2D eigenvalue weighted by atomic mass is 9.78. The van der Waals surface area contributed by atoms with Gasteiger partial charge in [-0.1, -0.05) is 43.2 Å². The predicted octanol–water partition coefficient (Wildman–Crippen LogP) is 4.42. The second kappa shape index (κ2) is 6.87. The van der Waals surface area contributed by atoms with E-state index in [4.69, 9.17) is 4.74 Å². The molecular formula is C22H24N2O2. The van der Waals surface area contributed by atoms with Crippen LogP contribution in [-0.2, 0) is 5.41 Å². The molecule has 1 fully saturated rings. The molecule has 134 valence electrons. The van der Waals surface area contributed by atoms with Gasteiger partial charge in [0, 0.05) is 22.9 Å². The van der Waals surface area contributed by atoms with Gasteiger partial charge in [-0.2, -0.15) is 0 Å². The van der Waals surface area contributed by atoms with Gasteiger partial charge >= 0.3 is 0 Å². The molecule has 1 heterocycles. The van der Waals surface area contributed by atoms with E-state index in [0.717, 1.165) is 29.5 Å². The van der Waals surface area contributed by atoms with E-state index in [0.29, 0.717) is 12.2 Å². The highest BCUT2D eigenvalue weighted by molar-refractivity contribution is 5.98. The summed E-state index contributed by atoms with van der Waals surface area (Å²) in [5, 5.41) is 4.23. The third-order valence-electron chi connectivity index (χ3n) is 5.62. The lowest BCUT2D eigenvalue weighted by Crippen LogP contribution is -2.39. The Bertz CT molecular complexity index is 872. The maximum atomic E-state index is 12.7. The number of nitrogens with one attached hydrogen (secondary N) is 2. The number of para-hydroxylation sites is 1. The number of benzene rings is 2. The van der Waals surface area contributed by atoms with E-state index < -0.39 is 0 Å². The Labute approximate surface area is 153 Å². The van der Waals surface area contributed by atoms with Crippen LogP contribution in [0.5, 0.6) is 5.75 Å². The molecule has 0 radical (unpaired) electrons. The van der Waals surface area contributed by atoms with Crippen LogP contribution in [0, 0.1) is 0 Å². The number of rotatable bonds is 5. The van der Waals surface area contributed by atoms with Crippen LogP contribution in [0.4, 0.5) is 0 Å². The summed E-state index contributed by atoms with van der Waals surface area (Å²) in [7, 11) is 1.68. The molecule has 0 aliphatic heterocycles. The number of fused-ring (bicyclic) bond motifs is 1. The van der Waals surface area contributed by atoms with Crippen molar-refractivity contribution in [3.8, 4) is 5.75 Å². The van der Waals surface area contributed by atoms with Crippen LogP contribution < -0.4 is 10.1 Å². The zero-order chi connectivity index (χ0) is 18.0. The van der Waals surface area contributed by atoms with Gasteiger partial charge in [0.1, 0.15) is 11.4 Å². The smallest absolute Gasteiger partial charge is 0.267 e. The first-order valence-electron chi connectivity index (χ1n) is 9.21.